The van der Waals surface area contributed by atoms with Crippen molar-refractivity contribution in [2.45, 2.75) is 36.5 Å². The van der Waals surface area contributed by atoms with E-state index in [0.29, 0.717) is 36.5 Å². The van der Waals surface area contributed by atoms with Crippen LogP contribution in [0.15, 0.2) is 168 Å². The Bertz CT molecular complexity index is 2840. The number of aldehydes is 2. The molecule has 0 saturated carbocycles. The zero-order valence-corrected chi connectivity index (χ0v) is 37.2. The van der Waals surface area contributed by atoms with Gasteiger partial charge in [-0.2, -0.15) is 0 Å². The van der Waals surface area contributed by atoms with Gasteiger partial charge in [0, 0.05) is 35.1 Å². The number of amides is 2. The minimum atomic E-state index is -4.17. The number of anilines is 2. The van der Waals surface area contributed by atoms with Crippen molar-refractivity contribution in [1.29, 1.82) is 0 Å². The van der Waals surface area contributed by atoms with Crippen LogP contribution in [0, 0.1) is 0 Å². The van der Waals surface area contributed by atoms with E-state index in [1.54, 1.807) is 72.8 Å². The second-order valence-electron chi connectivity index (χ2n) is 15.0. The first-order valence-corrected chi connectivity index (χ1v) is 22.1. The van der Waals surface area contributed by atoms with Gasteiger partial charge >= 0.3 is 11.9 Å². The molecule has 0 fully saturated rings. The largest absolute Gasteiger partial charge is 0.462 e. The number of nitrogens with one attached hydrogen (secondary N) is 2. The molecular weight excluding hydrogens is 877 g/mol. The van der Waals surface area contributed by atoms with Crippen molar-refractivity contribution in [1.82, 2.24) is 0 Å². The molecule has 0 heterocycles. The Morgan fingerprint density at radius 3 is 1.33 bits per heavy atom. The molecule has 14 nitrogen and oxygen atoms in total. The van der Waals surface area contributed by atoms with Gasteiger partial charge in [0.2, 0.25) is 9.84 Å². The predicted octanol–water partition coefficient (Wildman–Crippen LogP) is 9.56. The van der Waals surface area contributed by atoms with E-state index in [1.807, 2.05) is 0 Å². The highest BCUT2D eigenvalue weighted by molar-refractivity contribution is 7.91. The van der Waals surface area contributed by atoms with Gasteiger partial charge in [0.25, 0.3) is 11.8 Å². The van der Waals surface area contributed by atoms with Crippen LogP contribution in [0.1, 0.15) is 66.4 Å². The van der Waals surface area contributed by atoms with E-state index in [2.05, 4.69) is 23.8 Å². The summed E-state index contributed by atoms with van der Waals surface area (Å²) in [5.41, 5.74) is 2.78. The van der Waals surface area contributed by atoms with Gasteiger partial charge in [-0.3, -0.25) is 19.2 Å². The SMILES string of the molecule is C=C(C)C(=O)OCCc1ccc(C(=O)Nc2ccccc2Oc2cccc(S(=O)(=O)c3cccc(Oc4ccccc4NC(=O)c4ccc(CCOC(=O)C(=C)C)cc4C=O)c3)c2)c(C=O)c1. The van der Waals surface area contributed by atoms with E-state index < -0.39 is 33.6 Å². The number of benzene rings is 6. The molecule has 340 valence electrons. The molecule has 0 saturated heterocycles. The van der Waals surface area contributed by atoms with Gasteiger partial charge in [0.1, 0.15) is 11.5 Å². The quantitative estimate of drug-likeness (QED) is 0.0418. The highest BCUT2D eigenvalue weighted by atomic mass is 32.2. The summed E-state index contributed by atoms with van der Waals surface area (Å²) in [4.78, 5) is 74.1. The molecule has 6 aromatic carbocycles. The monoisotopic (exact) mass is 920 g/mol. The van der Waals surface area contributed by atoms with Crippen molar-refractivity contribution in [3.8, 4) is 23.0 Å². The fourth-order valence-corrected chi connectivity index (χ4v) is 7.74. The first kappa shape index (κ1) is 48.0. The number of esters is 2. The Hall–Kier alpha value is -8.43. The molecule has 0 unspecified atom stereocenters. The standard InChI is InChI=1S/C52H44N2O12S/c1-33(2)51(59)63-25-23-35-19-21-43(37(27-35)31-55)49(57)53-45-15-5-7-17-47(45)65-39-11-9-13-41(29-39)67(61,62)42-14-10-12-40(30-42)66-48-18-8-6-16-46(48)54-50(58)44-22-20-36(28-38(44)32-56)24-26-64-52(60)34(3)4/h5-22,27-32H,1,3,23-26H2,2,4H3,(H,53,57)(H,54,58). The molecule has 0 aliphatic carbocycles. The molecule has 0 atom stereocenters. The summed E-state index contributed by atoms with van der Waals surface area (Å²) >= 11 is 0. The topological polar surface area (TPSA) is 198 Å². The number of sulfone groups is 1. The van der Waals surface area contributed by atoms with Crippen molar-refractivity contribution in [2.24, 2.45) is 0 Å². The van der Waals surface area contributed by atoms with Crippen LogP contribution in [-0.4, -0.2) is 58.0 Å². The second-order valence-corrected chi connectivity index (χ2v) is 16.9. The molecular formula is C52H44N2O12S. The molecule has 0 spiro atoms. The minimum Gasteiger partial charge on any atom is -0.462 e. The molecule has 67 heavy (non-hydrogen) atoms. The van der Waals surface area contributed by atoms with Crippen molar-refractivity contribution >= 4 is 57.5 Å². The third kappa shape index (κ3) is 12.4. The van der Waals surface area contributed by atoms with E-state index in [9.17, 15) is 37.2 Å². The van der Waals surface area contributed by atoms with Gasteiger partial charge in [0.15, 0.2) is 24.1 Å². The summed E-state index contributed by atoms with van der Waals surface area (Å²) in [7, 11) is -4.17. The fraction of sp³-hybridized carbons (Fsp3) is 0.115. The lowest BCUT2D eigenvalue weighted by atomic mass is 10.0. The lowest BCUT2D eigenvalue weighted by molar-refractivity contribution is -0.139. The zero-order chi connectivity index (χ0) is 48.1. The maximum atomic E-state index is 14.0. The van der Waals surface area contributed by atoms with Crippen LogP contribution in [0.2, 0.25) is 0 Å². The third-order valence-electron chi connectivity index (χ3n) is 9.88. The Morgan fingerprint density at radius 2 is 0.940 bits per heavy atom. The average molecular weight is 921 g/mol. The Kier molecular flexibility index (Phi) is 15.8. The van der Waals surface area contributed by atoms with Gasteiger partial charge in [0.05, 0.1) is 45.5 Å². The summed E-state index contributed by atoms with van der Waals surface area (Å²) in [6.45, 7) is 10.3. The van der Waals surface area contributed by atoms with Crippen molar-refractivity contribution in [2.75, 3.05) is 23.8 Å². The smallest absolute Gasteiger partial charge is 0.333 e. The van der Waals surface area contributed by atoms with Crippen LogP contribution in [0.5, 0.6) is 23.0 Å². The van der Waals surface area contributed by atoms with Crippen LogP contribution in [0.3, 0.4) is 0 Å². The molecule has 6 rings (SSSR count). The molecule has 15 heteroatoms. The van der Waals surface area contributed by atoms with Crippen molar-refractivity contribution in [3.63, 3.8) is 0 Å². The molecule has 2 amide bonds. The molecule has 6 aromatic rings. The number of para-hydroxylation sites is 4. The summed E-state index contributed by atoms with van der Waals surface area (Å²) in [5.74, 6) is -1.60. The molecule has 0 aliphatic heterocycles. The lowest BCUT2D eigenvalue weighted by Crippen LogP contribution is -2.15. The second kappa shape index (κ2) is 22.0. The fourth-order valence-electron chi connectivity index (χ4n) is 6.41. The zero-order valence-electron chi connectivity index (χ0n) is 36.4. The van der Waals surface area contributed by atoms with E-state index in [-0.39, 0.29) is 90.8 Å². The third-order valence-corrected chi connectivity index (χ3v) is 11.6. The Balaban J connectivity index is 1.13. The lowest BCUT2D eigenvalue weighted by Gasteiger charge is -2.15. The Labute approximate surface area is 386 Å². The number of carbonyl (C=O) groups excluding carboxylic acids is 6. The number of hydrogen-bond donors (Lipinski definition) is 2. The molecule has 0 aromatic heterocycles. The number of carbonyl (C=O) groups is 6. The van der Waals surface area contributed by atoms with Crippen LogP contribution in [0.4, 0.5) is 11.4 Å². The predicted molar refractivity (Wildman–Crippen MR) is 250 cm³/mol. The maximum absolute atomic E-state index is 14.0. The number of rotatable bonds is 20. The van der Waals surface area contributed by atoms with E-state index >= 15 is 0 Å². The van der Waals surface area contributed by atoms with Gasteiger partial charge in [-0.15, -0.1) is 0 Å². The summed E-state index contributed by atoms with van der Waals surface area (Å²) in [6, 6.07) is 34.0. The summed E-state index contributed by atoms with van der Waals surface area (Å²) in [5, 5.41) is 5.53. The van der Waals surface area contributed by atoms with Crippen molar-refractivity contribution in [3.05, 3.63) is 191 Å². The van der Waals surface area contributed by atoms with Crippen LogP contribution >= 0.6 is 0 Å². The van der Waals surface area contributed by atoms with Gasteiger partial charge in [-0.05, 0) is 110 Å². The van der Waals surface area contributed by atoms with Gasteiger partial charge in [-0.25, -0.2) is 18.0 Å². The maximum Gasteiger partial charge on any atom is 0.333 e. The highest BCUT2D eigenvalue weighted by Crippen LogP contribution is 2.35. The minimum absolute atomic E-state index is 0.0628. The first-order chi connectivity index (χ1) is 32.2. The summed E-state index contributed by atoms with van der Waals surface area (Å²) in [6.07, 6.45) is 1.74. The molecule has 0 aliphatic rings. The average Bonchev–Trinajstić information content (AvgIpc) is 3.32. The molecule has 0 bridgehead atoms. The van der Waals surface area contributed by atoms with E-state index in [0.717, 1.165) is 0 Å². The Morgan fingerprint density at radius 1 is 0.537 bits per heavy atom. The van der Waals surface area contributed by atoms with E-state index in [1.165, 1.54) is 74.5 Å². The van der Waals surface area contributed by atoms with Gasteiger partial charge < -0.3 is 29.6 Å². The molecule has 0 radical (unpaired) electrons. The molecule has 2 N–H and O–H groups in total. The van der Waals surface area contributed by atoms with Crippen LogP contribution < -0.4 is 20.1 Å². The van der Waals surface area contributed by atoms with Crippen LogP contribution in [0.25, 0.3) is 0 Å². The highest BCUT2D eigenvalue weighted by Gasteiger charge is 2.22. The number of hydrogen-bond acceptors (Lipinski definition) is 12. The van der Waals surface area contributed by atoms with E-state index in [4.69, 9.17) is 18.9 Å². The summed E-state index contributed by atoms with van der Waals surface area (Å²) < 4.78 is 50.6. The normalized spacial score (nSPS) is 10.8. The van der Waals surface area contributed by atoms with Crippen LogP contribution in [-0.2, 0) is 41.7 Å². The van der Waals surface area contributed by atoms with Gasteiger partial charge in [-0.1, -0.05) is 61.7 Å². The first-order valence-electron chi connectivity index (χ1n) is 20.6. The number of ether oxygens (including phenoxy) is 4. The van der Waals surface area contributed by atoms with Crippen molar-refractivity contribution < 1.29 is 56.1 Å².